The number of hydrogen-bond donors (Lipinski definition) is 1. The van der Waals surface area contributed by atoms with Crippen LogP contribution in [0.15, 0.2) is 15.2 Å². The molecule has 2 fully saturated rings. The van der Waals surface area contributed by atoms with Crippen molar-refractivity contribution in [3.8, 4) is 0 Å². The molecule has 0 aromatic carbocycles. The number of rotatable bonds is 2. The third kappa shape index (κ3) is 2.51. The van der Waals surface area contributed by atoms with E-state index in [4.69, 9.17) is 0 Å². The predicted molar refractivity (Wildman–Crippen MR) is 81.5 cm³/mol. The Morgan fingerprint density at radius 1 is 1.25 bits per heavy atom. The topological polar surface area (TPSA) is 49.4 Å². The maximum Gasteiger partial charge on any atom is 0.325 e. The molecule has 0 atom stereocenters. The number of amides is 3. The molecule has 3 rings (SSSR count). The molecule has 6 heteroatoms. The van der Waals surface area contributed by atoms with Gasteiger partial charge in [0.15, 0.2) is 0 Å². The molecule has 1 spiro atoms. The molecule has 1 aliphatic carbocycles. The van der Waals surface area contributed by atoms with Crippen LogP contribution in [0.25, 0.3) is 0 Å². The van der Waals surface area contributed by atoms with Gasteiger partial charge in [0.2, 0.25) is 0 Å². The normalized spacial score (nSPS) is 22.1. The number of thiophene rings is 1. The highest BCUT2D eigenvalue weighted by atomic mass is 79.9. The van der Waals surface area contributed by atoms with E-state index >= 15 is 0 Å². The number of nitrogens with one attached hydrogen (secondary N) is 1. The summed E-state index contributed by atoms with van der Waals surface area (Å²) in [5.41, 5.74) is 0.372. The Kier molecular flexibility index (Phi) is 3.86. The Morgan fingerprint density at radius 2 is 1.95 bits per heavy atom. The monoisotopic (exact) mass is 356 g/mol. The van der Waals surface area contributed by atoms with Crippen LogP contribution in [0.1, 0.15) is 44.1 Å². The number of imide groups is 1. The van der Waals surface area contributed by atoms with E-state index < -0.39 is 5.54 Å². The van der Waals surface area contributed by atoms with Gasteiger partial charge in [0.1, 0.15) is 5.54 Å². The summed E-state index contributed by atoms with van der Waals surface area (Å²) in [7, 11) is 0. The highest BCUT2D eigenvalue weighted by molar-refractivity contribution is 9.11. The van der Waals surface area contributed by atoms with Crippen molar-refractivity contribution in [2.75, 3.05) is 0 Å². The number of carbonyl (C=O) groups is 2. The molecular weight excluding hydrogens is 340 g/mol. The van der Waals surface area contributed by atoms with Crippen LogP contribution >= 0.6 is 27.3 Å². The van der Waals surface area contributed by atoms with Gasteiger partial charge in [0, 0.05) is 0 Å². The van der Waals surface area contributed by atoms with E-state index in [1.165, 1.54) is 4.90 Å². The Morgan fingerprint density at radius 3 is 2.55 bits per heavy atom. The molecule has 1 aromatic heterocycles. The largest absolute Gasteiger partial charge is 0.325 e. The van der Waals surface area contributed by atoms with Gasteiger partial charge < -0.3 is 5.32 Å². The molecule has 2 aliphatic rings. The van der Waals surface area contributed by atoms with Gasteiger partial charge in [-0.2, -0.15) is 0 Å². The SMILES string of the molecule is O=C1NC2(CCCCCC2)C(=O)N1Cc1csc(Br)c1. The van der Waals surface area contributed by atoms with E-state index in [0.717, 1.165) is 47.9 Å². The third-order valence-electron chi connectivity index (χ3n) is 4.17. The fourth-order valence-corrected chi connectivity index (χ4v) is 4.30. The van der Waals surface area contributed by atoms with E-state index in [1.807, 2.05) is 11.4 Å². The van der Waals surface area contributed by atoms with Gasteiger partial charge >= 0.3 is 6.03 Å². The summed E-state index contributed by atoms with van der Waals surface area (Å²) in [6.45, 7) is 0.370. The molecule has 1 saturated heterocycles. The summed E-state index contributed by atoms with van der Waals surface area (Å²) in [4.78, 5) is 26.2. The molecular formula is C14H17BrN2O2S. The minimum atomic E-state index is -0.624. The summed E-state index contributed by atoms with van der Waals surface area (Å²) < 4.78 is 1.02. The summed E-state index contributed by atoms with van der Waals surface area (Å²) in [6, 6.07) is 1.72. The molecule has 4 nitrogen and oxygen atoms in total. The van der Waals surface area contributed by atoms with Crippen molar-refractivity contribution in [3.05, 3.63) is 20.8 Å². The van der Waals surface area contributed by atoms with E-state index in [0.29, 0.717) is 6.54 Å². The summed E-state index contributed by atoms with van der Waals surface area (Å²) in [6.07, 6.45) is 5.90. The molecule has 3 amide bonds. The molecule has 1 saturated carbocycles. The zero-order chi connectivity index (χ0) is 14.2. The minimum Gasteiger partial charge on any atom is -0.323 e. The third-order valence-corrected chi connectivity index (χ3v) is 5.72. The second-order valence-electron chi connectivity index (χ2n) is 5.58. The maximum absolute atomic E-state index is 12.7. The van der Waals surface area contributed by atoms with Gasteiger partial charge in [-0.05, 0) is 45.8 Å². The second-order valence-corrected chi connectivity index (χ2v) is 7.87. The first kappa shape index (κ1) is 14.1. The Hall–Kier alpha value is -0.880. The average Bonchev–Trinajstić information content (AvgIpc) is 2.80. The number of halogens is 1. The number of hydrogen-bond acceptors (Lipinski definition) is 3. The highest BCUT2D eigenvalue weighted by Crippen LogP contribution is 2.33. The van der Waals surface area contributed by atoms with Crippen molar-refractivity contribution in [2.24, 2.45) is 0 Å². The van der Waals surface area contributed by atoms with E-state index in [9.17, 15) is 9.59 Å². The number of carbonyl (C=O) groups excluding carboxylic acids is 2. The first-order valence-corrected chi connectivity index (χ1v) is 8.65. The van der Waals surface area contributed by atoms with Gasteiger partial charge in [-0.15, -0.1) is 11.3 Å². The van der Waals surface area contributed by atoms with Gasteiger partial charge in [-0.25, -0.2) is 4.79 Å². The molecule has 1 aliphatic heterocycles. The maximum atomic E-state index is 12.7. The van der Waals surface area contributed by atoms with Crippen LogP contribution < -0.4 is 5.32 Å². The molecule has 20 heavy (non-hydrogen) atoms. The summed E-state index contributed by atoms with van der Waals surface area (Å²) in [5.74, 6) is -0.0354. The highest BCUT2D eigenvalue weighted by Gasteiger charge is 2.50. The number of nitrogens with zero attached hydrogens (tertiary/aromatic N) is 1. The Balaban J connectivity index is 1.79. The van der Waals surface area contributed by atoms with Crippen LogP contribution in [0.4, 0.5) is 4.79 Å². The quantitative estimate of drug-likeness (QED) is 0.822. The van der Waals surface area contributed by atoms with E-state index in [1.54, 1.807) is 11.3 Å². The van der Waals surface area contributed by atoms with Gasteiger partial charge in [0.25, 0.3) is 5.91 Å². The van der Waals surface area contributed by atoms with Crippen molar-refractivity contribution in [1.82, 2.24) is 10.2 Å². The Labute approximate surface area is 130 Å². The van der Waals surface area contributed by atoms with E-state index in [-0.39, 0.29) is 11.9 Å². The fourth-order valence-electron chi connectivity index (χ4n) is 3.10. The lowest BCUT2D eigenvalue weighted by Gasteiger charge is -2.24. The van der Waals surface area contributed by atoms with Gasteiger partial charge in [-0.1, -0.05) is 25.7 Å². The molecule has 0 bridgehead atoms. The molecule has 0 radical (unpaired) electrons. The van der Waals surface area contributed by atoms with Crippen LogP contribution in [0.2, 0.25) is 0 Å². The van der Waals surface area contributed by atoms with Crippen molar-refractivity contribution in [1.29, 1.82) is 0 Å². The lowest BCUT2D eigenvalue weighted by Crippen LogP contribution is -2.46. The Bertz CT molecular complexity index is 535. The second kappa shape index (κ2) is 5.48. The standard InChI is InChI=1S/C14H17BrN2O2S/c15-11-7-10(9-20-11)8-17-12(18)14(16-13(17)19)5-3-1-2-4-6-14/h7,9H,1-6,8H2,(H,16,19). The average molecular weight is 357 g/mol. The molecule has 1 aromatic rings. The molecule has 1 N–H and O–H groups in total. The first-order valence-electron chi connectivity index (χ1n) is 6.98. The predicted octanol–water partition coefficient (Wildman–Crippen LogP) is 3.66. The van der Waals surface area contributed by atoms with Crippen LogP contribution in [-0.2, 0) is 11.3 Å². The van der Waals surface area contributed by atoms with Crippen LogP contribution in [0.5, 0.6) is 0 Å². The zero-order valence-electron chi connectivity index (χ0n) is 11.2. The molecule has 108 valence electrons. The first-order chi connectivity index (χ1) is 9.61. The fraction of sp³-hybridized carbons (Fsp3) is 0.571. The van der Waals surface area contributed by atoms with Crippen molar-refractivity contribution in [2.45, 2.75) is 50.6 Å². The molecule has 0 unspecified atom stereocenters. The number of urea groups is 1. The van der Waals surface area contributed by atoms with Gasteiger partial charge in [-0.3, -0.25) is 9.69 Å². The lowest BCUT2D eigenvalue weighted by molar-refractivity contribution is -0.132. The zero-order valence-corrected chi connectivity index (χ0v) is 13.6. The summed E-state index contributed by atoms with van der Waals surface area (Å²) in [5, 5.41) is 4.94. The smallest absolute Gasteiger partial charge is 0.323 e. The lowest BCUT2D eigenvalue weighted by atomic mass is 9.90. The summed E-state index contributed by atoms with van der Waals surface area (Å²) >= 11 is 4.97. The van der Waals surface area contributed by atoms with Crippen LogP contribution in [0, 0.1) is 0 Å². The van der Waals surface area contributed by atoms with Crippen molar-refractivity contribution >= 4 is 39.2 Å². The van der Waals surface area contributed by atoms with Crippen molar-refractivity contribution < 1.29 is 9.59 Å². The van der Waals surface area contributed by atoms with Crippen LogP contribution in [-0.4, -0.2) is 22.4 Å². The minimum absolute atomic E-state index is 0.0354. The van der Waals surface area contributed by atoms with E-state index in [2.05, 4.69) is 21.2 Å². The van der Waals surface area contributed by atoms with Gasteiger partial charge in [0.05, 0.1) is 10.3 Å². The van der Waals surface area contributed by atoms with Crippen LogP contribution in [0.3, 0.4) is 0 Å². The van der Waals surface area contributed by atoms with Crippen molar-refractivity contribution in [3.63, 3.8) is 0 Å². The molecule has 2 heterocycles.